The van der Waals surface area contributed by atoms with Crippen LogP contribution in [0.4, 0.5) is 4.39 Å². The van der Waals surface area contributed by atoms with Crippen LogP contribution in [-0.4, -0.2) is 31.7 Å². The third kappa shape index (κ3) is 2.76. The molecule has 0 aromatic heterocycles. The van der Waals surface area contributed by atoms with Crippen molar-refractivity contribution < 1.29 is 17.6 Å². The highest BCUT2D eigenvalue weighted by molar-refractivity contribution is 7.89. The maximum absolute atomic E-state index is 13.5. The first-order valence-corrected chi connectivity index (χ1v) is 8.65. The van der Waals surface area contributed by atoms with Gasteiger partial charge in [0.1, 0.15) is 5.82 Å². The fourth-order valence-electron chi connectivity index (χ4n) is 2.67. The quantitative estimate of drug-likeness (QED) is 0.892. The molecule has 2 heterocycles. The smallest absolute Gasteiger partial charge is 0.243 e. The van der Waals surface area contributed by atoms with E-state index in [4.69, 9.17) is 11.6 Å². The molecule has 8 heteroatoms. The normalized spacial score (nSPS) is 19.8. The fourth-order valence-corrected chi connectivity index (χ4v) is 4.23. The van der Waals surface area contributed by atoms with Gasteiger partial charge in [-0.25, -0.2) is 12.8 Å². The number of carbonyl (C=O) groups is 1. The van der Waals surface area contributed by atoms with Gasteiger partial charge in [-0.15, -0.1) is 0 Å². The molecular weight excluding hydrogens is 331 g/mol. The minimum atomic E-state index is -3.78. The van der Waals surface area contributed by atoms with E-state index in [1.807, 2.05) is 0 Å². The summed E-state index contributed by atoms with van der Waals surface area (Å²) in [6, 6.07) is 3.47. The number of benzene rings is 1. The van der Waals surface area contributed by atoms with Crippen LogP contribution in [0.3, 0.4) is 0 Å². The third-order valence-corrected chi connectivity index (χ3v) is 6.03. The van der Waals surface area contributed by atoms with Crippen LogP contribution in [0, 0.1) is 5.82 Å². The molecule has 0 saturated heterocycles. The molecule has 3 rings (SSSR count). The number of nitrogens with zero attached hydrogens (tertiary/aromatic N) is 1. The van der Waals surface area contributed by atoms with Crippen molar-refractivity contribution in [2.45, 2.75) is 24.2 Å². The van der Waals surface area contributed by atoms with Crippen LogP contribution in [-0.2, 0) is 14.8 Å². The molecule has 0 fully saturated rings. The Morgan fingerprint density at radius 1 is 1.23 bits per heavy atom. The number of nitrogens with one attached hydrogen (secondary N) is 1. The van der Waals surface area contributed by atoms with E-state index >= 15 is 0 Å². The van der Waals surface area contributed by atoms with Gasteiger partial charge in [0.15, 0.2) is 0 Å². The van der Waals surface area contributed by atoms with Crippen molar-refractivity contribution in [3.8, 4) is 0 Å². The number of hydrogen-bond acceptors (Lipinski definition) is 3. The van der Waals surface area contributed by atoms with E-state index in [-0.39, 0.29) is 28.9 Å². The highest BCUT2D eigenvalue weighted by Gasteiger charge is 2.32. The average Bonchev–Trinajstić information content (AvgIpc) is 2.49. The molecule has 22 heavy (non-hydrogen) atoms. The van der Waals surface area contributed by atoms with Gasteiger partial charge in [-0.1, -0.05) is 11.6 Å². The van der Waals surface area contributed by atoms with Crippen molar-refractivity contribution in [1.82, 2.24) is 9.62 Å². The third-order valence-electron chi connectivity index (χ3n) is 3.88. The molecule has 0 bridgehead atoms. The fraction of sp³-hybridized carbons (Fsp3) is 0.357. The van der Waals surface area contributed by atoms with Crippen LogP contribution in [0.1, 0.15) is 19.3 Å². The van der Waals surface area contributed by atoms with Crippen molar-refractivity contribution in [1.29, 1.82) is 0 Å². The van der Waals surface area contributed by atoms with Gasteiger partial charge in [-0.05, 0) is 30.2 Å². The zero-order chi connectivity index (χ0) is 15.9. The lowest BCUT2D eigenvalue weighted by atomic mass is 9.99. The van der Waals surface area contributed by atoms with E-state index in [0.717, 1.165) is 17.3 Å². The highest BCUT2D eigenvalue weighted by Crippen LogP contribution is 2.28. The summed E-state index contributed by atoms with van der Waals surface area (Å²) in [5, 5.41) is 2.68. The second-order valence-electron chi connectivity index (χ2n) is 5.29. The van der Waals surface area contributed by atoms with Gasteiger partial charge < -0.3 is 5.32 Å². The Kier molecular flexibility index (Phi) is 3.96. The van der Waals surface area contributed by atoms with Crippen LogP contribution in [0.15, 0.2) is 34.4 Å². The molecule has 0 spiro atoms. The summed E-state index contributed by atoms with van der Waals surface area (Å²) in [7, 11) is -3.78. The minimum absolute atomic E-state index is 0.0326. The molecule has 0 unspecified atom stereocenters. The van der Waals surface area contributed by atoms with Crippen molar-refractivity contribution in [3.63, 3.8) is 0 Å². The first kappa shape index (κ1) is 15.5. The molecule has 0 saturated carbocycles. The predicted molar refractivity (Wildman–Crippen MR) is 79.2 cm³/mol. The number of carbonyl (C=O) groups excluding carboxylic acids is 1. The molecule has 2 aliphatic heterocycles. The lowest BCUT2D eigenvalue weighted by Gasteiger charge is -2.32. The summed E-state index contributed by atoms with van der Waals surface area (Å²) in [4.78, 5) is 11.2. The molecular formula is C14H14ClFN2O3S. The second kappa shape index (κ2) is 5.64. The van der Waals surface area contributed by atoms with Gasteiger partial charge in [0.25, 0.3) is 0 Å². The Bertz CT molecular complexity index is 776. The summed E-state index contributed by atoms with van der Waals surface area (Å²) >= 11 is 5.59. The monoisotopic (exact) mass is 344 g/mol. The van der Waals surface area contributed by atoms with Crippen molar-refractivity contribution in [2.24, 2.45) is 0 Å². The molecule has 1 aromatic carbocycles. The van der Waals surface area contributed by atoms with Crippen LogP contribution in [0.5, 0.6) is 0 Å². The summed E-state index contributed by atoms with van der Waals surface area (Å²) in [5.74, 6) is -0.792. The van der Waals surface area contributed by atoms with Crippen molar-refractivity contribution in [3.05, 3.63) is 40.3 Å². The zero-order valence-corrected chi connectivity index (χ0v) is 13.2. The number of amides is 1. The van der Waals surface area contributed by atoms with Gasteiger partial charge in [-0.3, -0.25) is 4.79 Å². The van der Waals surface area contributed by atoms with Gasteiger partial charge in [0.2, 0.25) is 15.9 Å². The van der Waals surface area contributed by atoms with E-state index in [1.54, 1.807) is 0 Å². The standard InChI is InChI=1S/C14H14ClFN2O3S/c15-11-3-2-10(7-12(11)16)22(20,21)18-6-5-13-9(8-18)1-4-14(19)17-13/h2-3,7H,1,4-6,8H2,(H,17,19). The van der Waals surface area contributed by atoms with E-state index in [1.165, 1.54) is 16.4 Å². The maximum Gasteiger partial charge on any atom is 0.243 e. The first-order chi connectivity index (χ1) is 10.4. The number of sulfonamides is 1. The van der Waals surface area contributed by atoms with E-state index in [9.17, 15) is 17.6 Å². The molecule has 118 valence electrons. The van der Waals surface area contributed by atoms with E-state index < -0.39 is 15.8 Å². The maximum atomic E-state index is 13.5. The zero-order valence-electron chi connectivity index (χ0n) is 11.6. The van der Waals surface area contributed by atoms with E-state index in [0.29, 0.717) is 19.3 Å². The Balaban J connectivity index is 1.88. The SMILES string of the molecule is O=C1CCC2=C(CCN(S(=O)(=O)c3ccc(Cl)c(F)c3)C2)N1. The first-order valence-electron chi connectivity index (χ1n) is 6.84. The van der Waals surface area contributed by atoms with Gasteiger partial charge in [0.05, 0.1) is 9.92 Å². The lowest BCUT2D eigenvalue weighted by molar-refractivity contribution is -0.120. The summed E-state index contributed by atoms with van der Waals surface area (Å²) in [6.45, 7) is 0.480. The topological polar surface area (TPSA) is 66.5 Å². The van der Waals surface area contributed by atoms with Crippen LogP contribution < -0.4 is 5.32 Å². The van der Waals surface area contributed by atoms with E-state index in [2.05, 4.69) is 5.32 Å². The highest BCUT2D eigenvalue weighted by atomic mass is 35.5. The molecule has 2 aliphatic rings. The molecule has 0 atom stereocenters. The Morgan fingerprint density at radius 3 is 2.73 bits per heavy atom. The minimum Gasteiger partial charge on any atom is -0.330 e. The lowest BCUT2D eigenvalue weighted by Crippen LogP contribution is -2.42. The largest absolute Gasteiger partial charge is 0.330 e. The van der Waals surface area contributed by atoms with Gasteiger partial charge in [-0.2, -0.15) is 4.31 Å². The molecule has 1 N–H and O–H groups in total. The Morgan fingerprint density at radius 2 is 2.00 bits per heavy atom. The second-order valence-corrected chi connectivity index (χ2v) is 7.64. The molecule has 1 aromatic rings. The number of rotatable bonds is 2. The van der Waals surface area contributed by atoms with Crippen LogP contribution in [0.2, 0.25) is 5.02 Å². The van der Waals surface area contributed by atoms with Crippen LogP contribution in [0.25, 0.3) is 0 Å². The molecule has 1 amide bonds. The Hall–Kier alpha value is -1.44. The van der Waals surface area contributed by atoms with Crippen molar-refractivity contribution in [2.75, 3.05) is 13.1 Å². The van der Waals surface area contributed by atoms with Gasteiger partial charge in [0, 0.05) is 31.6 Å². The summed E-state index contributed by atoms with van der Waals surface area (Å²) < 4.78 is 40.0. The number of halogens is 2. The Labute approximate surface area is 132 Å². The average molecular weight is 345 g/mol. The summed E-state index contributed by atoms with van der Waals surface area (Å²) in [5.41, 5.74) is 1.74. The van der Waals surface area contributed by atoms with Crippen LogP contribution >= 0.6 is 11.6 Å². The molecule has 0 radical (unpaired) electrons. The molecule has 5 nitrogen and oxygen atoms in total. The number of hydrogen-bond donors (Lipinski definition) is 1. The predicted octanol–water partition coefficient (Wildman–Crippen LogP) is 2.04. The van der Waals surface area contributed by atoms with Gasteiger partial charge >= 0.3 is 0 Å². The molecule has 0 aliphatic carbocycles. The summed E-state index contributed by atoms with van der Waals surface area (Å²) in [6.07, 6.45) is 1.38. The van der Waals surface area contributed by atoms with Crippen molar-refractivity contribution >= 4 is 27.5 Å².